The van der Waals surface area contributed by atoms with Gasteiger partial charge in [-0.25, -0.2) is 14.4 Å². The molecule has 4 nitrogen and oxygen atoms in total. The Morgan fingerprint density at radius 2 is 1.87 bits per heavy atom. The van der Waals surface area contributed by atoms with Crippen LogP contribution in [0.3, 0.4) is 0 Å². The summed E-state index contributed by atoms with van der Waals surface area (Å²) in [5.41, 5.74) is 4.10. The van der Waals surface area contributed by atoms with E-state index in [0.29, 0.717) is 0 Å². The number of fused-ring (bicyclic) bond motifs is 1. The number of nitrogens with zero attached hydrogens (tertiary/aromatic N) is 2. The molecule has 1 saturated carbocycles. The van der Waals surface area contributed by atoms with Gasteiger partial charge in [0.2, 0.25) is 5.91 Å². The molecule has 4 aromatic rings. The van der Waals surface area contributed by atoms with Crippen molar-refractivity contribution in [3.05, 3.63) is 77.2 Å². The minimum absolute atomic E-state index is 0.0713. The van der Waals surface area contributed by atoms with Crippen LogP contribution in [-0.4, -0.2) is 21.9 Å². The Kier molecular flexibility index (Phi) is 5.46. The van der Waals surface area contributed by atoms with E-state index in [0.717, 1.165) is 44.8 Å². The van der Waals surface area contributed by atoms with Crippen molar-refractivity contribution in [1.29, 1.82) is 0 Å². The van der Waals surface area contributed by atoms with Gasteiger partial charge >= 0.3 is 0 Å². The number of benzene rings is 2. The van der Waals surface area contributed by atoms with E-state index in [2.05, 4.69) is 51.9 Å². The highest BCUT2D eigenvalue weighted by Gasteiger charge is 2.30. The molecule has 0 saturated heterocycles. The molecular weight excluding hydrogens is 429 g/mol. The van der Waals surface area contributed by atoms with Crippen molar-refractivity contribution in [3.8, 4) is 11.1 Å². The van der Waals surface area contributed by atoms with E-state index in [1.807, 2.05) is 0 Å². The van der Waals surface area contributed by atoms with Crippen LogP contribution in [0, 0.1) is 12.7 Å². The standard InChI is InChI=1S/C24H20FN3OS2/c1-14-2-4-15(5-3-14)19-12-30-23-20(19)24(27-13-26-23)31-21(22(29)28-18-10-11-18)16-6-8-17(25)9-7-16/h2-9,12-13,18,21H,10-11H2,1H3,(H,28,29). The Bertz CT molecular complexity index is 1230. The molecule has 2 heterocycles. The third kappa shape index (κ3) is 4.34. The number of amides is 1. The Morgan fingerprint density at radius 1 is 1.13 bits per heavy atom. The lowest BCUT2D eigenvalue weighted by Gasteiger charge is -2.17. The molecule has 31 heavy (non-hydrogen) atoms. The summed E-state index contributed by atoms with van der Waals surface area (Å²) in [6, 6.07) is 14.7. The monoisotopic (exact) mass is 449 g/mol. The van der Waals surface area contributed by atoms with E-state index in [4.69, 9.17) is 0 Å². The van der Waals surface area contributed by atoms with Crippen LogP contribution in [0.15, 0.2) is 65.3 Å². The van der Waals surface area contributed by atoms with E-state index in [9.17, 15) is 9.18 Å². The number of carbonyl (C=O) groups is 1. The molecule has 2 aromatic heterocycles. The fourth-order valence-electron chi connectivity index (χ4n) is 3.41. The second kappa shape index (κ2) is 8.40. The molecular formula is C24H20FN3OS2. The van der Waals surface area contributed by atoms with Gasteiger partial charge in [-0.3, -0.25) is 4.79 Å². The molecule has 0 bridgehead atoms. The third-order valence-electron chi connectivity index (χ3n) is 5.26. The van der Waals surface area contributed by atoms with Gasteiger partial charge in [-0.2, -0.15) is 0 Å². The predicted octanol–water partition coefficient (Wildman–Crippen LogP) is 5.92. The molecule has 1 aliphatic rings. The summed E-state index contributed by atoms with van der Waals surface area (Å²) in [5.74, 6) is -0.392. The average Bonchev–Trinajstić information content (AvgIpc) is 3.48. The lowest BCUT2D eigenvalue weighted by atomic mass is 10.1. The van der Waals surface area contributed by atoms with E-state index < -0.39 is 5.25 Å². The molecule has 7 heteroatoms. The predicted molar refractivity (Wildman–Crippen MR) is 124 cm³/mol. The number of rotatable bonds is 6. The van der Waals surface area contributed by atoms with Crippen LogP contribution in [0.2, 0.25) is 0 Å². The maximum Gasteiger partial charge on any atom is 0.238 e. The fourth-order valence-corrected chi connectivity index (χ4v) is 5.51. The second-order valence-electron chi connectivity index (χ2n) is 7.71. The van der Waals surface area contributed by atoms with Crippen LogP contribution in [0.4, 0.5) is 4.39 Å². The second-order valence-corrected chi connectivity index (χ2v) is 9.66. The number of hydrogen-bond donors (Lipinski definition) is 1. The van der Waals surface area contributed by atoms with Gasteiger partial charge in [0.15, 0.2) is 0 Å². The number of halogens is 1. The first-order valence-corrected chi connectivity index (χ1v) is 11.9. The molecule has 0 spiro atoms. The van der Waals surface area contributed by atoms with Crippen LogP contribution in [-0.2, 0) is 4.79 Å². The molecule has 1 aliphatic carbocycles. The van der Waals surface area contributed by atoms with Crippen LogP contribution in [0.1, 0.15) is 29.2 Å². The summed E-state index contributed by atoms with van der Waals surface area (Å²) in [6.07, 6.45) is 3.55. The van der Waals surface area contributed by atoms with Crippen molar-refractivity contribution >= 4 is 39.2 Å². The summed E-state index contributed by atoms with van der Waals surface area (Å²) in [4.78, 5) is 23.0. The zero-order valence-electron chi connectivity index (χ0n) is 16.8. The van der Waals surface area contributed by atoms with Gasteiger partial charge in [0.1, 0.15) is 27.3 Å². The molecule has 156 valence electrons. The molecule has 1 fully saturated rings. The molecule has 0 radical (unpaired) electrons. The van der Waals surface area contributed by atoms with Gasteiger partial charge in [0.05, 0.1) is 5.39 Å². The van der Waals surface area contributed by atoms with Crippen LogP contribution >= 0.6 is 23.1 Å². The molecule has 1 atom stereocenters. The number of nitrogens with one attached hydrogen (secondary N) is 1. The minimum Gasteiger partial charge on any atom is -0.352 e. The first-order valence-electron chi connectivity index (χ1n) is 10.1. The van der Waals surface area contributed by atoms with Gasteiger partial charge in [0.25, 0.3) is 0 Å². The van der Waals surface area contributed by atoms with Crippen LogP contribution in [0.5, 0.6) is 0 Å². The van der Waals surface area contributed by atoms with Crippen molar-refractivity contribution in [2.24, 2.45) is 0 Å². The highest BCUT2D eigenvalue weighted by Crippen LogP contribution is 2.43. The topological polar surface area (TPSA) is 54.9 Å². The quantitative estimate of drug-likeness (QED) is 0.293. The van der Waals surface area contributed by atoms with E-state index >= 15 is 0 Å². The van der Waals surface area contributed by atoms with E-state index in [1.165, 1.54) is 29.5 Å². The van der Waals surface area contributed by atoms with Crippen molar-refractivity contribution in [1.82, 2.24) is 15.3 Å². The summed E-state index contributed by atoms with van der Waals surface area (Å²) >= 11 is 2.96. The zero-order valence-corrected chi connectivity index (χ0v) is 18.5. The van der Waals surface area contributed by atoms with E-state index in [1.54, 1.807) is 29.8 Å². The smallest absolute Gasteiger partial charge is 0.238 e. The largest absolute Gasteiger partial charge is 0.352 e. The van der Waals surface area contributed by atoms with Crippen LogP contribution < -0.4 is 5.32 Å². The molecule has 5 rings (SSSR count). The number of aryl methyl sites for hydroxylation is 1. The fraction of sp³-hybridized carbons (Fsp3) is 0.208. The van der Waals surface area contributed by atoms with Gasteiger partial charge in [-0.1, -0.05) is 53.7 Å². The average molecular weight is 450 g/mol. The van der Waals surface area contributed by atoms with Gasteiger partial charge in [0, 0.05) is 17.0 Å². The molecule has 0 aliphatic heterocycles. The molecule has 1 unspecified atom stereocenters. The van der Waals surface area contributed by atoms with Crippen molar-refractivity contribution < 1.29 is 9.18 Å². The minimum atomic E-state index is -0.523. The Balaban J connectivity index is 1.56. The Morgan fingerprint density at radius 3 is 2.58 bits per heavy atom. The number of thioether (sulfide) groups is 1. The maximum absolute atomic E-state index is 13.5. The van der Waals surface area contributed by atoms with Gasteiger partial charge in [-0.15, -0.1) is 11.3 Å². The van der Waals surface area contributed by atoms with Crippen molar-refractivity contribution in [2.45, 2.75) is 36.1 Å². The lowest BCUT2D eigenvalue weighted by molar-refractivity contribution is -0.120. The summed E-state index contributed by atoms with van der Waals surface area (Å²) < 4.78 is 13.5. The summed E-state index contributed by atoms with van der Waals surface area (Å²) in [6.45, 7) is 2.06. The number of hydrogen-bond acceptors (Lipinski definition) is 5. The van der Waals surface area contributed by atoms with Gasteiger partial charge in [-0.05, 0) is 43.0 Å². The zero-order chi connectivity index (χ0) is 21.4. The number of aromatic nitrogens is 2. The highest BCUT2D eigenvalue weighted by molar-refractivity contribution is 8.00. The first kappa shape index (κ1) is 20.2. The maximum atomic E-state index is 13.5. The van der Waals surface area contributed by atoms with Crippen LogP contribution in [0.25, 0.3) is 21.3 Å². The number of carbonyl (C=O) groups excluding carboxylic acids is 1. The molecule has 1 amide bonds. The Labute approximate surface area is 187 Å². The molecule has 1 N–H and O–H groups in total. The van der Waals surface area contributed by atoms with Gasteiger partial charge < -0.3 is 5.32 Å². The number of thiophene rings is 1. The first-order chi connectivity index (χ1) is 15.1. The van der Waals surface area contributed by atoms with E-state index in [-0.39, 0.29) is 17.8 Å². The van der Waals surface area contributed by atoms with Crippen molar-refractivity contribution in [3.63, 3.8) is 0 Å². The highest BCUT2D eigenvalue weighted by atomic mass is 32.2. The molecule has 2 aromatic carbocycles. The third-order valence-corrected chi connectivity index (χ3v) is 7.40. The lowest BCUT2D eigenvalue weighted by Crippen LogP contribution is -2.29. The summed E-state index contributed by atoms with van der Waals surface area (Å²) in [5, 5.41) is 6.36. The van der Waals surface area contributed by atoms with Crippen molar-refractivity contribution in [2.75, 3.05) is 0 Å². The summed E-state index contributed by atoms with van der Waals surface area (Å²) in [7, 11) is 0. The SMILES string of the molecule is Cc1ccc(-c2csc3ncnc(SC(C(=O)NC4CC4)c4ccc(F)cc4)c23)cc1. The Hall–Kier alpha value is -2.77. The normalized spacial score (nSPS) is 14.5.